The Balaban J connectivity index is 2.25. The molecule has 0 radical (unpaired) electrons. The van der Waals surface area contributed by atoms with E-state index in [2.05, 4.69) is 0 Å². The zero-order valence-electron chi connectivity index (χ0n) is 9.27. The Morgan fingerprint density at radius 3 is 2.41 bits per heavy atom. The van der Waals surface area contributed by atoms with Gasteiger partial charge < -0.3 is 4.74 Å². The minimum atomic E-state index is -0.537. The number of ether oxygens (including phenoxy) is 1. The molecule has 0 aliphatic rings. The lowest BCUT2D eigenvalue weighted by Crippen LogP contribution is -1.89. The highest BCUT2D eigenvalue weighted by Gasteiger charge is 2.05. The molecule has 0 aromatic heterocycles. The predicted molar refractivity (Wildman–Crippen MR) is 62.4 cm³/mol. The van der Waals surface area contributed by atoms with Crippen molar-refractivity contribution < 1.29 is 9.13 Å². The SMILES string of the molecule is Cc1ccc(Oc2ccc(C#N)cc2F)cc1. The number of benzene rings is 2. The van der Waals surface area contributed by atoms with E-state index >= 15 is 0 Å². The molecule has 0 unspecified atom stereocenters. The number of hydrogen-bond donors (Lipinski definition) is 0. The van der Waals surface area contributed by atoms with Crippen molar-refractivity contribution in [2.45, 2.75) is 6.92 Å². The van der Waals surface area contributed by atoms with Crippen LogP contribution in [-0.4, -0.2) is 0 Å². The Morgan fingerprint density at radius 1 is 1.12 bits per heavy atom. The van der Waals surface area contributed by atoms with Crippen LogP contribution in [-0.2, 0) is 0 Å². The van der Waals surface area contributed by atoms with Gasteiger partial charge in [-0.3, -0.25) is 0 Å². The summed E-state index contributed by atoms with van der Waals surface area (Å²) in [5.41, 5.74) is 1.39. The molecule has 0 spiro atoms. The highest BCUT2D eigenvalue weighted by atomic mass is 19.1. The smallest absolute Gasteiger partial charge is 0.167 e. The normalized spacial score (nSPS) is 9.71. The first-order valence-electron chi connectivity index (χ1n) is 5.13. The van der Waals surface area contributed by atoms with Crippen LogP contribution in [0.25, 0.3) is 0 Å². The van der Waals surface area contributed by atoms with Crippen molar-refractivity contribution in [2.24, 2.45) is 0 Å². The summed E-state index contributed by atoms with van der Waals surface area (Å²) in [6.07, 6.45) is 0. The summed E-state index contributed by atoms with van der Waals surface area (Å²) >= 11 is 0. The Bertz CT molecular complexity index is 570. The fourth-order valence-electron chi connectivity index (χ4n) is 1.39. The second kappa shape index (κ2) is 4.67. The van der Waals surface area contributed by atoms with Crippen LogP contribution in [0.4, 0.5) is 4.39 Å². The molecule has 17 heavy (non-hydrogen) atoms. The quantitative estimate of drug-likeness (QED) is 0.781. The van der Waals surface area contributed by atoms with Crippen LogP contribution >= 0.6 is 0 Å². The van der Waals surface area contributed by atoms with Crippen molar-refractivity contribution in [3.05, 3.63) is 59.4 Å². The maximum atomic E-state index is 13.5. The first-order valence-corrected chi connectivity index (χ1v) is 5.13. The second-order valence-electron chi connectivity index (χ2n) is 3.67. The highest BCUT2D eigenvalue weighted by molar-refractivity contribution is 5.39. The maximum absolute atomic E-state index is 13.5. The molecular weight excluding hydrogens is 217 g/mol. The molecule has 0 heterocycles. The molecule has 2 rings (SSSR count). The first kappa shape index (κ1) is 11.2. The zero-order valence-corrected chi connectivity index (χ0v) is 9.27. The molecule has 0 saturated carbocycles. The van der Waals surface area contributed by atoms with Crippen molar-refractivity contribution >= 4 is 0 Å². The number of halogens is 1. The summed E-state index contributed by atoms with van der Waals surface area (Å²) in [5.74, 6) is 0.150. The van der Waals surface area contributed by atoms with Gasteiger partial charge in [-0.1, -0.05) is 17.7 Å². The van der Waals surface area contributed by atoms with Gasteiger partial charge in [0.25, 0.3) is 0 Å². The van der Waals surface area contributed by atoms with E-state index in [1.54, 1.807) is 12.1 Å². The Hall–Kier alpha value is -2.34. The fraction of sp³-hybridized carbons (Fsp3) is 0.0714. The average Bonchev–Trinajstić information content (AvgIpc) is 2.34. The molecule has 0 atom stereocenters. The molecule has 0 bridgehead atoms. The van der Waals surface area contributed by atoms with E-state index in [1.165, 1.54) is 12.1 Å². The third-order valence-electron chi connectivity index (χ3n) is 2.31. The van der Waals surface area contributed by atoms with Crippen molar-refractivity contribution in [3.8, 4) is 17.6 Å². The van der Waals surface area contributed by atoms with Gasteiger partial charge in [0.2, 0.25) is 0 Å². The number of nitriles is 1. The lowest BCUT2D eigenvalue weighted by atomic mass is 10.2. The fourth-order valence-corrected chi connectivity index (χ4v) is 1.39. The van der Waals surface area contributed by atoms with Gasteiger partial charge in [-0.15, -0.1) is 0 Å². The molecule has 3 heteroatoms. The largest absolute Gasteiger partial charge is 0.454 e. The van der Waals surface area contributed by atoms with Crippen LogP contribution in [0.3, 0.4) is 0 Å². The van der Waals surface area contributed by atoms with E-state index < -0.39 is 5.82 Å². The summed E-state index contributed by atoms with van der Waals surface area (Å²) in [4.78, 5) is 0. The van der Waals surface area contributed by atoms with Crippen LogP contribution < -0.4 is 4.74 Å². The minimum absolute atomic E-state index is 0.118. The van der Waals surface area contributed by atoms with Crippen molar-refractivity contribution in [1.82, 2.24) is 0 Å². The van der Waals surface area contributed by atoms with E-state index in [4.69, 9.17) is 10.00 Å². The van der Waals surface area contributed by atoms with E-state index in [1.807, 2.05) is 25.1 Å². The van der Waals surface area contributed by atoms with Gasteiger partial charge in [-0.05, 0) is 37.3 Å². The summed E-state index contributed by atoms with van der Waals surface area (Å²) < 4.78 is 18.9. The Morgan fingerprint density at radius 2 is 1.82 bits per heavy atom. The number of aryl methyl sites for hydroxylation is 1. The lowest BCUT2D eigenvalue weighted by Gasteiger charge is -2.06. The minimum Gasteiger partial charge on any atom is -0.454 e. The number of nitrogens with zero attached hydrogens (tertiary/aromatic N) is 1. The van der Waals surface area contributed by atoms with Gasteiger partial charge in [0.15, 0.2) is 11.6 Å². The molecular formula is C14H10FNO. The first-order chi connectivity index (χ1) is 8.19. The van der Waals surface area contributed by atoms with Gasteiger partial charge in [-0.25, -0.2) is 4.39 Å². The average molecular weight is 227 g/mol. The summed E-state index contributed by atoms with van der Waals surface area (Å²) in [7, 11) is 0. The van der Waals surface area contributed by atoms with E-state index in [0.29, 0.717) is 5.75 Å². The van der Waals surface area contributed by atoms with Gasteiger partial charge in [0.1, 0.15) is 5.75 Å². The Kier molecular flexibility index (Phi) is 3.06. The van der Waals surface area contributed by atoms with E-state index in [9.17, 15) is 4.39 Å². The van der Waals surface area contributed by atoms with Crippen molar-refractivity contribution in [1.29, 1.82) is 5.26 Å². The standard InChI is InChI=1S/C14H10FNO/c1-10-2-5-12(6-3-10)17-14-7-4-11(9-16)8-13(14)15/h2-8H,1H3. The zero-order chi connectivity index (χ0) is 12.3. The molecule has 0 aliphatic heterocycles. The summed E-state index contributed by atoms with van der Waals surface area (Å²) in [5, 5.41) is 8.62. The molecule has 84 valence electrons. The van der Waals surface area contributed by atoms with Crippen LogP contribution in [0.2, 0.25) is 0 Å². The van der Waals surface area contributed by atoms with Crippen molar-refractivity contribution in [3.63, 3.8) is 0 Å². The van der Waals surface area contributed by atoms with Gasteiger partial charge >= 0.3 is 0 Å². The molecule has 0 N–H and O–H groups in total. The van der Waals surface area contributed by atoms with Crippen LogP contribution in [0.5, 0.6) is 11.5 Å². The lowest BCUT2D eigenvalue weighted by molar-refractivity contribution is 0.442. The highest BCUT2D eigenvalue weighted by Crippen LogP contribution is 2.25. The predicted octanol–water partition coefficient (Wildman–Crippen LogP) is 3.80. The van der Waals surface area contributed by atoms with E-state index in [0.717, 1.165) is 11.6 Å². The molecule has 2 nitrogen and oxygen atoms in total. The molecule has 0 aliphatic carbocycles. The van der Waals surface area contributed by atoms with Gasteiger partial charge in [0.05, 0.1) is 11.6 Å². The van der Waals surface area contributed by atoms with Gasteiger partial charge in [-0.2, -0.15) is 5.26 Å². The van der Waals surface area contributed by atoms with E-state index in [-0.39, 0.29) is 11.3 Å². The Labute approximate surface area is 98.9 Å². The summed E-state index contributed by atoms with van der Waals surface area (Å²) in [6.45, 7) is 1.96. The molecule has 2 aromatic rings. The molecule has 2 aromatic carbocycles. The third kappa shape index (κ3) is 2.61. The molecule has 0 saturated heterocycles. The molecule has 0 fully saturated rings. The van der Waals surface area contributed by atoms with Crippen LogP contribution in [0, 0.1) is 24.1 Å². The number of rotatable bonds is 2. The van der Waals surface area contributed by atoms with Gasteiger partial charge in [0, 0.05) is 0 Å². The van der Waals surface area contributed by atoms with Crippen LogP contribution in [0.1, 0.15) is 11.1 Å². The molecule has 0 amide bonds. The van der Waals surface area contributed by atoms with Crippen molar-refractivity contribution in [2.75, 3.05) is 0 Å². The second-order valence-corrected chi connectivity index (χ2v) is 3.67. The maximum Gasteiger partial charge on any atom is 0.167 e. The van der Waals surface area contributed by atoms with Crippen LogP contribution in [0.15, 0.2) is 42.5 Å². The topological polar surface area (TPSA) is 33.0 Å². The third-order valence-corrected chi connectivity index (χ3v) is 2.31. The summed E-state index contributed by atoms with van der Waals surface area (Å²) in [6, 6.07) is 13.3. The monoisotopic (exact) mass is 227 g/mol. The number of hydrogen-bond acceptors (Lipinski definition) is 2.